The lowest BCUT2D eigenvalue weighted by Gasteiger charge is -2.28. The molecule has 1 aromatic carbocycles. The van der Waals surface area contributed by atoms with Gasteiger partial charge in [-0.3, -0.25) is 4.90 Å². The maximum atomic E-state index is 5.47. The van der Waals surface area contributed by atoms with Crippen LogP contribution >= 0.6 is 0 Å². The van der Waals surface area contributed by atoms with E-state index in [9.17, 15) is 0 Å². The van der Waals surface area contributed by atoms with Gasteiger partial charge in [-0.05, 0) is 24.5 Å². The number of ether oxygens (including phenoxy) is 1. The summed E-state index contributed by atoms with van der Waals surface area (Å²) in [5, 5.41) is 0. The Bertz CT molecular complexity index is 363. The number of hydrogen-bond donors (Lipinski definition) is 0. The highest BCUT2D eigenvalue weighted by molar-refractivity contribution is 5.29. The first-order valence-corrected chi connectivity index (χ1v) is 5.77. The van der Waals surface area contributed by atoms with E-state index in [4.69, 9.17) is 4.74 Å². The zero-order valence-electron chi connectivity index (χ0n) is 9.15. The number of epoxide rings is 1. The summed E-state index contributed by atoms with van der Waals surface area (Å²) in [6.07, 6.45) is 2.18. The maximum absolute atomic E-state index is 5.47. The number of hydrogen-bond acceptors (Lipinski definition) is 2. The van der Waals surface area contributed by atoms with Gasteiger partial charge in [0.25, 0.3) is 0 Å². The van der Waals surface area contributed by atoms with Gasteiger partial charge in [0.2, 0.25) is 0 Å². The predicted octanol–water partition coefficient (Wildman–Crippen LogP) is 1.83. The summed E-state index contributed by atoms with van der Waals surface area (Å²) in [5.41, 5.74) is 3.02. The Morgan fingerprint density at radius 1 is 1.33 bits per heavy atom. The summed E-state index contributed by atoms with van der Waals surface area (Å²) < 4.78 is 5.47. The fourth-order valence-electron chi connectivity index (χ4n) is 2.39. The van der Waals surface area contributed by atoms with Crippen LogP contribution in [0.1, 0.15) is 18.1 Å². The van der Waals surface area contributed by atoms with Crippen molar-refractivity contribution in [2.24, 2.45) is 0 Å². The molecule has 2 atom stereocenters. The smallest absolute Gasteiger partial charge is 0.0965 e. The molecular formula is C13H17NO. The van der Waals surface area contributed by atoms with Crippen molar-refractivity contribution in [3.8, 4) is 0 Å². The van der Waals surface area contributed by atoms with E-state index in [0.717, 1.165) is 13.1 Å². The van der Waals surface area contributed by atoms with Crippen molar-refractivity contribution in [1.82, 2.24) is 4.90 Å². The van der Waals surface area contributed by atoms with Crippen LogP contribution in [-0.2, 0) is 17.7 Å². The Kier molecular flexibility index (Phi) is 2.26. The molecule has 2 heteroatoms. The third kappa shape index (κ3) is 1.92. The van der Waals surface area contributed by atoms with Gasteiger partial charge in [0.05, 0.1) is 12.2 Å². The molecule has 0 aliphatic carbocycles. The van der Waals surface area contributed by atoms with Crippen molar-refractivity contribution in [3.05, 3.63) is 35.4 Å². The van der Waals surface area contributed by atoms with E-state index in [-0.39, 0.29) is 0 Å². The molecule has 0 N–H and O–H groups in total. The summed E-state index contributed by atoms with van der Waals surface area (Å²) >= 11 is 0. The molecule has 1 saturated heterocycles. The summed E-state index contributed by atoms with van der Waals surface area (Å²) in [7, 11) is 0. The van der Waals surface area contributed by atoms with Gasteiger partial charge in [0.1, 0.15) is 0 Å². The molecule has 3 rings (SSSR count). The molecule has 1 fully saturated rings. The van der Waals surface area contributed by atoms with Crippen LogP contribution in [-0.4, -0.2) is 30.2 Å². The summed E-state index contributed by atoms with van der Waals surface area (Å²) in [5.74, 6) is 0. The Morgan fingerprint density at radius 3 is 2.80 bits per heavy atom. The Labute approximate surface area is 90.8 Å². The lowest BCUT2D eigenvalue weighted by molar-refractivity contribution is 0.225. The second-order valence-corrected chi connectivity index (χ2v) is 4.63. The molecule has 2 aliphatic rings. The first-order valence-electron chi connectivity index (χ1n) is 5.77. The van der Waals surface area contributed by atoms with Crippen molar-refractivity contribution in [1.29, 1.82) is 0 Å². The number of benzene rings is 1. The van der Waals surface area contributed by atoms with Crippen LogP contribution in [0, 0.1) is 0 Å². The summed E-state index contributed by atoms with van der Waals surface area (Å²) in [6, 6.07) is 8.78. The van der Waals surface area contributed by atoms with Crippen LogP contribution < -0.4 is 0 Å². The zero-order chi connectivity index (χ0) is 10.3. The van der Waals surface area contributed by atoms with E-state index in [1.54, 1.807) is 0 Å². The second-order valence-electron chi connectivity index (χ2n) is 4.63. The molecule has 0 bridgehead atoms. The van der Waals surface area contributed by atoms with Gasteiger partial charge >= 0.3 is 0 Å². The van der Waals surface area contributed by atoms with E-state index in [1.807, 2.05) is 0 Å². The minimum Gasteiger partial charge on any atom is -0.368 e. The first-order chi connectivity index (χ1) is 7.33. The van der Waals surface area contributed by atoms with E-state index in [2.05, 4.69) is 36.1 Å². The molecule has 2 nitrogen and oxygen atoms in total. The molecule has 0 spiro atoms. The van der Waals surface area contributed by atoms with Crippen molar-refractivity contribution in [3.63, 3.8) is 0 Å². The van der Waals surface area contributed by atoms with Gasteiger partial charge in [-0.15, -0.1) is 0 Å². The van der Waals surface area contributed by atoms with E-state index in [1.165, 1.54) is 24.1 Å². The molecule has 2 heterocycles. The molecule has 2 aliphatic heterocycles. The van der Waals surface area contributed by atoms with Crippen LogP contribution in [0.15, 0.2) is 24.3 Å². The monoisotopic (exact) mass is 203 g/mol. The fourth-order valence-corrected chi connectivity index (χ4v) is 2.39. The molecule has 0 radical (unpaired) electrons. The lowest BCUT2D eigenvalue weighted by Crippen LogP contribution is -2.33. The molecule has 0 saturated carbocycles. The van der Waals surface area contributed by atoms with Crippen molar-refractivity contribution in [2.75, 3.05) is 13.1 Å². The largest absolute Gasteiger partial charge is 0.368 e. The molecule has 2 unspecified atom stereocenters. The molecule has 1 aromatic rings. The second kappa shape index (κ2) is 3.62. The summed E-state index contributed by atoms with van der Waals surface area (Å²) in [4.78, 5) is 2.51. The van der Waals surface area contributed by atoms with Gasteiger partial charge in [-0.2, -0.15) is 0 Å². The van der Waals surface area contributed by atoms with Crippen LogP contribution in [0.5, 0.6) is 0 Å². The average molecular weight is 203 g/mol. The standard InChI is InChI=1S/C13H17NO/c1-10-13(15-10)9-14-7-6-11-4-2-3-5-12(11)8-14/h2-5,10,13H,6-9H2,1H3. The third-order valence-electron chi connectivity index (χ3n) is 3.48. The molecule has 0 aromatic heterocycles. The van der Waals surface area contributed by atoms with Gasteiger partial charge in [0.15, 0.2) is 0 Å². The SMILES string of the molecule is CC1OC1CN1CCc2ccccc2C1. The van der Waals surface area contributed by atoms with Crippen LogP contribution in [0.2, 0.25) is 0 Å². The normalized spacial score (nSPS) is 29.9. The van der Waals surface area contributed by atoms with Crippen molar-refractivity contribution in [2.45, 2.75) is 32.1 Å². The molecule has 80 valence electrons. The topological polar surface area (TPSA) is 15.8 Å². The van der Waals surface area contributed by atoms with Gasteiger partial charge < -0.3 is 4.74 Å². The van der Waals surface area contributed by atoms with Gasteiger partial charge in [0, 0.05) is 19.6 Å². The van der Waals surface area contributed by atoms with Gasteiger partial charge in [-0.1, -0.05) is 24.3 Å². The maximum Gasteiger partial charge on any atom is 0.0965 e. The van der Waals surface area contributed by atoms with Crippen molar-refractivity contribution < 1.29 is 4.74 Å². The minimum atomic E-state index is 0.488. The predicted molar refractivity (Wildman–Crippen MR) is 59.8 cm³/mol. The zero-order valence-corrected chi connectivity index (χ0v) is 9.15. The minimum absolute atomic E-state index is 0.488. The van der Waals surface area contributed by atoms with Crippen LogP contribution in [0.4, 0.5) is 0 Å². The van der Waals surface area contributed by atoms with Crippen molar-refractivity contribution >= 4 is 0 Å². The highest BCUT2D eigenvalue weighted by Crippen LogP contribution is 2.25. The van der Waals surface area contributed by atoms with Crippen LogP contribution in [0.25, 0.3) is 0 Å². The third-order valence-corrected chi connectivity index (χ3v) is 3.48. The number of fused-ring (bicyclic) bond motifs is 1. The van der Waals surface area contributed by atoms with E-state index < -0.39 is 0 Å². The lowest BCUT2D eigenvalue weighted by atomic mass is 10.00. The molecular weight excluding hydrogens is 186 g/mol. The number of rotatable bonds is 2. The van der Waals surface area contributed by atoms with E-state index >= 15 is 0 Å². The highest BCUT2D eigenvalue weighted by atomic mass is 16.6. The quantitative estimate of drug-likeness (QED) is 0.682. The first kappa shape index (κ1) is 9.37. The van der Waals surface area contributed by atoms with Gasteiger partial charge in [-0.25, -0.2) is 0 Å². The Balaban J connectivity index is 1.67. The Hall–Kier alpha value is -0.860. The van der Waals surface area contributed by atoms with Crippen LogP contribution in [0.3, 0.4) is 0 Å². The average Bonchev–Trinajstić information content (AvgIpc) is 2.94. The summed E-state index contributed by atoms with van der Waals surface area (Å²) in [6.45, 7) is 5.55. The molecule has 0 amide bonds. The molecule has 15 heavy (non-hydrogen) atoms. The Morgan fingerprint density at radius 2 is 2.07 bits per heavy atom. The fraction of sp³-hybridized carbons (Fsp3) is 0.538. The van der Waals surface area contributed by atoms with E-state index in [0.29, 0.717) is 12.2 Å². The highest BCUT2D eigenvalue weighted by Gasteiger charge is 2.35. The number of nitrogens with zero attached hydrogens (tertiary/aromatic N) is 1.